The molecule has 2 saturated heterocycles. The molecule has 2 fully saturated rings. The zero-order valence-electron chi connectivity index (χ0n) is 12.0. The van der Waals surface area contributed by atoms with Gasteiger partial charge < -0.3 is 0 Å². The largest absolute Gasteiger partial charge is 0.298 e. The third-order valence-electron chi connectivity index (χ3n) is 4.54. The molecule has 2 aliphatic rings. The first kappa shape index (κ1) is 14.0. The van der Waals surface area contributed by atoms with Gasteiger partial charge in [-0.05, 0) is 37.4 Å². The van der Waals surface area contributed by atoms with Gasteiger partial charge in [-0.25, -0.2) is 8.42 Å². The smallest absolute Gasteiger partial charge is 0.218 e. The predicted octanol–water partition coefficient (Wildman–Crippen LogP) is 1.60. The van der Waals surface area contributed by atoms with E-state index in [-0.39, 0.29) is 5.75 Å². The minimum absolute atomic E-state index is 0.131. The standard InChI is InChI=1S/C15H22N2O2S/c1-13-5-2-3-6-14(13)12-20(18,19)17-10-9-16-8-4-7-15(16)11-17/h2-3,5-6,15H,4,7-12H2,1H3/t15-/m1/s1. The molecule has 0 aliphatic carbocycles. The monoisotopic (exact) mass is 294 g/mol. The van der Waals surface area contributed by atoms with Gasteiger partial charge >= 0.3 is 0 Å². The van der Waals surface area contributed by atoms with Crippen LogP contribution in [0.5, 0.6) is 0 Å². The van der Waals surface area contributed by atoms with Crippen LogP contribution in [0.2, 0.25) is 0 Å². The highest BCUT2D eigenvalue weighted by atomic mass is 32.2. The summed E-state index contributed by atoms with van der Waals surface area (Å²) in [5.41, 5.74) is 1.97. The number of benzene rings is 1. The Morgan fingerprint density at radius 3 is 2.80 bits per heavy atom. The van der Waals surface area contributed by atoms with E-state index in [1.807, 2.05) is 31.2 Å². The van der Waals surface area contributed by atoms with E-state index in [9.17, 15) is 8.42 Å². The maximum absolute atomic E-state index is 12.6. The number of fused-ring (bicyclic) bond motifs is 1. The minimum atomic E-state index is -3.19. The molecule has 2 aliphatic heterocycles. The summed E-state index contributed by atoms with van der Waals surface area (Å²) in [7, 11) is -3.19. The first-order chi connectivity index (χ1) is 9.56. The lowest BCUT2D eigenvalue weighted by molar-refractivity contribution is 0.158. The molecule has 1 atom stereocenters. The van der Waals surface area contributed by atoms with Crippen LogP contribution in [0.4, 0.5) is 0 Å². The van der Waals surface area contributed by atoms with Crippen molar-refractivity contribution in [3.63, 3.8) is 0 Å². The van der Waals surface area contributed by atoms with Crippen molar-refractivity contribution in [2.45, 2.75) is 31.6 Å². The molecule has 0 spiro atoms. The molecular formula is C15H22N2O2S. The van der Waals surface area contributed by atoms with Gasteiger partial charge in [-0.15, -0.1) is 0 Å². The normalized spacial score (nSPS) is 24.8. The molecule has 2 heterocycles. The Morgan fingerprint density at radius 1 is 1.20 bits per heavy atom. The van der Waals surface area contributed by atoms with E-state index in [0.717, 1.165) is 30.6 Å². The summed E-state index contributed by atoms with van der Waals surface area (Å²) in [6.45, 7) is 5.31. The van der Waals surface area contributed by atoms with Crippen molar-refractivity contribution in [1.82, 2.24) is 9.21 Å². The summed E-state index contributed by atoms with van der Waals surface area (Å²) in [6.07, 6.45) is 2.34. The second-order valence-corrected chi connectivity index (χ2v) is 7.84. The zero-order chi connectivity index (χ0) is 14.2. The third-order valence-corrected chi connectivity index (χ3v) is 6.34. The SMILES string of the molecule is Cc1ccccc1CS(=O)(=O)N1CCN2CCC[C@@H]2C1. The first-order valence-electron chi connectivity index (χ1n) is 7.33. The maximum atomic E-state index is 12.6. The number of nitrogens with zero attached hydrogens (tertiary/aromatic N) is 2. The van der Waals surface area contributed by atoms with E-state index >= 15 is 0 Å². The average molecular weight is 294 g/mol. The van der Waals surface area contributed by atoms with Gasteiger partial charge in [0, 0.05) is 25.7 Å². The number of aryl methyl sites for hydroxylation is 1. The number of piperazine rings is 1. The lowest BCUT2D eigenvalue weighted by Gasteiger charge is -2.36. The highest BCUT2D eigenvalue weighted by Crippen LogP contribution is 2.24. The topological polar surface area (TPSA) is 40.6 Å². The van der Waals surface area contributed by atoms with Crippen molar-refractivity contribution in [2.24, 2.45) is 0 Å². The Hall–Kier alpha value is -0.910. The Balaban J connectivity index is 1.74. The van der Waals surface area contributed by atoms with Gasteiger partial charge in [-0.1, -0.05) is 24.3 Å². The Kier molecular flexibility index (Phi) is 3.84. The number of rotatable bonds is 3. The number of sulfonamides is 1. The number of hydrogen-bond donors (Lipinski definition) is 0. The molecule has 1 aromatic rings. The molecular weight excluding hydrogens is 272 g/mol. The summed E-state index contributed by atoms with van der Waals surface area (Å²) >= 11 is 0. The van der Waals surface area contributed by atoms with Crippen LogP contribution in [0, 0.1) is 6.92 Å². The summed E-state index contributed by atoms with van der Waals surface area (Å²) in [5.74, 6) is 0.131. The average Bonchev–Trinajstić information content (AvgIpc) is 2.88. The van der Waals surface area contributed by atoms with E-state index in [2.05, 4.69) is 4.90 Å². The van der Waals surface area contributed by atoms with Crippen molar-refractivity contribution in [3.05, 3.63) is 35.4 Å². The van der Waals surface area contributed by atoms with E-state index < -0.39 is 10.0 Å². The molecule has 0 bridgehead atoms. The van der Waals surface area contributed by atoms with Crippen LogP contribution >= 0.6 is 0 Å². The molecule has 110 valence electrons. The lowest BCUT2D eigenvalue weighted by Crippen LogP contribution is -2.52. The molecule has 0 unspecified atom stereocenters. The van der Waals surface area contributed by atoms with Crippen molar-refractivity contribution >= 4 is 10.0 Å². The number of hydrogen-bond acceptors (Lipinski definition) is 3. The fraction of sp³-hybridized carbons (Fsp3) is 0.600. The van der Waals surface area contributed by atoms with Gasteiger partial charge in [0.25, 0.3) is 0 Å². The van der Waals surface area contributed by atoms with Crippen molar-refractivity contribution in [2.75, 3.05) is 26.2 Å². The van der Waals surface area contributed by atoms with Crippen LogP contribution in [-0.4, -0.2) is 49.8 Å². The van der Waals surface area contributed by atoms with Gasteiger partial charge in [-0.3, -0.25) is 4.90 Å². The predicted molar refractivity (Wildman–Crippen MR) is 80.0 cm³/mol. The van der Waals surface area contributed by atoms with E-state index in [0.29, 0.717) is 19.1 Å². The minimum Gasteiger partial charge on any atom is -0.298 e. The van der Waals surface area contributed by atoms with E-state index in [1.54, 1.807) is 4.31 Å². The highest BCUT2D eigenvalue weighted by molar-refractivity contribution is 7.88. The van der Waals surface area contributed by atoms with Gasteiger partial charge in [0.1, 0.15) is 0 Å². The Labute approximate surface area is 121 Å². The first-order valence-corrected chi connectivity index (χ1v) is 8.93. The maximum Gasteiger partial charge on any atom is 0.218 e. The molecule has 3 rings (SSSR count). The molecule has 1 aromatic carbocycles. The van der Waals surface area contributed by atoms with Crippen molar-refractivity contribution < 1.29 is 8.42 Å². The van der Waals surface area contributed by atoms with E-state index in [1.165, 1.54) is 6.42 Å². The Bertz CT molecular complexity index is 585. The van der Waals surface area contributed by atoms with Crippen LogP contribution < -0.4 is 0 Å². The second kappa shape index (κ2) is 5.47. The van der Waals surface area contributed by atoms with Gasteiger partial charge in [0.2, 0.25) is 10.0 Å². The van der Waals surface area contributed by atoms with Crippen molar-refractivity contribution in [3.8, 4) is 0 Å². The van der Waals surface area contributed by atoms with Crippen LogP contribution in [0.3, 0.4) is 0 Å². The molecule has 0 saturated carbocycles. The molecule has 5 heteroatoms. The van der Waals surface area contributed by atoms with Crippen molar-refractivity contribution in [1.29, 1.82) is 0 Å². The van der Waals surface area contributed by atoms with Crippen LogP contribution in [-0.2, 0) is 15.8 Å². The molecule has 0 N–H and O–H groups in total. The fourth-order valence-corrected chi connectivity index (χ4v) is 4.93. The summed E-state index contributed by atoms with van der Waals surface area (Å²) in [6, 6.07) is 8.18. The van der Waals surface area contributed by atoms with Gasteiger partial charge in [0.15, 0.2) is 0 Å². The van der Waals surface area contributed by atoms with Gasteiger partial charge in [0.05, 0.1) is 5.75 Å². The quantitative estimate of drug-likeness (QED) is 0.850. The van der Waals surface area contributed by atoms with Crippen LogP contribution in [0.25, 0.3) is 0 Å². The highest BCUT2D eigenvalue weighted by Gasteiger charge is 2.35. The van der Waals surface area contributed by atoms with Crippen LogP contribution in [0.1, 0.15) is 24.0 Å². The third kappa shape index (κ3) is 2.75. The fourth-order valence-electron chi connectivity index (χ4n) is 3.28. The second-order valence-electron chi connectivity index (χ2n) is 5.87. The zero-order valence-corrected chi connectivity index (χ0v) is 12.8. The molecule has 0 aromatic heterocycles. The molecule has 20 heavy (non-hydrogen) atoms. The van der Waals surface area contributed by atoms with Gasteiger partial charge in [-0.2, -0.15) is 4.31 Å². The summed E-state index contributed by atoms with van der Waals surface area (Å²) in [5, 5.41) is 0. The Morgan fingerprint density at radius 2 is 2.00 bits per heavy atom. The molecule has 0 radical (unpaired) electrons. The summed E-state index contributed by atoms with van der Waals surface area (Å²) in [4.78, 5) is 2.43. The van der Waals surface area contributed by atoms with E-state index in [4.69, 9.17) is 0 Å². The molecule has 0 amide bonds. The van der Waals surface area contributed by atoms with Crippen LogP contribution in [0.15, 0.2) is 24.3 Å². The molecule has 4 nitrogen and oxygen atoms in total. The summed E-state index contributed by atoms with van der Waals surface area (Å²) < 4.78 is 26.9. The lowest BCUT2D eigenvalue weighted by atomic mass is 10.1.